The fourth-order valence-electron chi connectivity index (χ4n) is 4.19. The van der Waals surface area contributed by atoms with Crippen LogP contribution in [0.2, 0.25) is 5.02 Å². The molecular weight excluding hydrogens is 280 g/mol. The van der Waals surface area contributed by atoms with Crippen LogP contribution in [0.3, 0.4) is 0 Å². The first-order valence-electron chi connectivity index (χ1n) is 8.33. The molecule has 1 aliphatic carbocycles. The van der Waals surface area contributed by atoms with E-state index in [4.69, 9.17) is 11.6 Å². The number of benzene rings is 1. The summed E-state index contributed by atoms with van der Waals surface area (Å²) in [6, 6.07) is 8.80. The lowest BCUT2D eigenvalue weighted by Crippen LogP contribution is -2.60. The molecule has 0 bridgehead atoms. The molecule has 1 N–H and O–H groups in total. The number of halogens is 1. The molecule has 1 aliphatic rings. The molecular formula is C18H29ClN2. The zero-order chi connectivity index (χ0) is 15.3. The Morgan fingerprint density at radius 1 is 1.24 bits per heavy atom. The van der Waals surface area contributed by atoms with Crippen molar-refractivity contribution in [1.29, 1.82) is 0 Å². The second-order valence-corrected chi connectivity index (χ2v) is 6.59. The van der Waals surface area contributed by atoms with Crippen LogP contribution in [-0.4, -0.2) is 36.6 Å². The second-order valence-electron chi connectivity index (χ2n) is 6.16. The number of hydrogen-bond acceptors (Lipinski definition) is 2. The highest BCUT2D eigenvalue weighted by Crippen LogP contribution is 2.39. The monoisotopic (exact) mass is 308 g/mol. The van der Waals surface area contributed by atoms with Crippen LogP contribution in [-0.2, 0) is 6.42 Å². The van der Waals surface area contributed by atoms with Crippen molar-refractivity contribution in [1.82, 2.24) is 10.2 Å². The van der Waals surface area contributed by atoms with Crippen molar-refractivity contribution in [2.45, 2.75) is 57.5 Å². The van der Waals surface area contributed by atoms with E-state index in [-0.39, 0.29) is 0 Å². The zero-order valence-corrected chi connectivity index (χ0v) is 14.4. The fourth-order valence-corrected chi connectivity index (χ4v) is 4.40. The fraction of sp³-hybridized carbons (Fsp3) is 0.667. The van der Waals surface area contributed by atoms with E-state index in [0.717, 1.165) is 24.5 Å². The summed E-state index contributed by atoms with van der Waals surface area (Å²) < 4.78 is 0. The van der Waals surface area contributed by atoms with Gasteiger partial charge in [-0.1, -0.05) is 50.4 Å². The highest BCUT2D eigenvalue weighted by Gasteiger charge is 2.44. The quantitative estimate of drug-likeness (QED) is 0.815. The van der Waals surface area contributed by atoms with Crippen molar-refractivity contribution in [3.8, 4) is 0 Å². The third-order valence-electron chi connectivity index (χ3n) is 5.19. The summed E-state index contributed by atoms with van der Waals surface area (Å²) in [5, 5.41) is 4.46. The Labute approximate surface area is 134 Å². The summed E-state index contributed by atoms with van der Waals surface area (Å²) in [5.41, 5.74) is 1.64. The van der Waals surface area contributed by atoms with Gasteiger partial charge in [-0.15, -0.1) is 0 Å². The predicted molar refractivity (Wildman–Crippen MR) is 92.1 cm³/mol. The second kappa shape index (κ2) is 7.62. The van der Waals surface area contributed by atoms with Crippen LogP contribution in [0.4, 0.5) is 0 Å². The molecule has 0 aliphatic heterocycles. The van der Waals surface area contributed by atoms with E-state index in [1.165, 1.54) is 31.2 Å². The largest absolute Gasteiger partial charge is 0.315 e. The Balaban J connectivity index is 2.24. The average Bonchev–Trinajstić information content (AvgIpc) is 2.96. The molecule has 1 atom stereocenters. The van der Waals surface area contributed by atoms with E-state index < -0.39 is 0 Å². The first-order valence-corrected chi connectivity index (χ1v) is 8.70. The normalized spacial score (nSPS) is 19.1. The molecule has 1 unspecified atom stereocenters. The van der Waals surface area contributed by atoms with Crippen LogP contribution in [0.1, 0.15) is 45.1 Å². The van der Waals surface area contributed by atoms with Crippen LogP contribution in [0.5, 0.6) is 0 Å². The zero-order valence-electron chi connectivity index (χ0n) is 13.7. The number of hydrogen-bond donors (Lipinski definition) is 1. The summed E-state index contributed by atoms with van der Waals surface area (Å²) >= 11 is 6.15. The van der Waals surface area contributed by atoms with Crippen LogP contribution < -0.4 is 5.32 Å². The van der Waals surface area contributed by atoms with E-state index in [1.54, 1.807) is 0 Å². The maximum Gasteiger partial charge on any atom is 0.0408 e. The lowest BCUT2D eigenvalue weighted by Gasteiger charge is -2.46. The molecule has 0 radical (unpaired) electrons. The molecule has 2 rings (SSSR count). The van der Waals surface area contributed by atoms with Gasteiger partial charge in [0, 0.05) is 16.6 Å². The Morgan fingerprint density at radius 3 is 2.43 bits per heavy atom. The number of rotatable bonds is 7. The van der Waals surface area contributed by atoms with Gasteiger partial charge < -0.3 is 5.32 Å². The lowest BCUT2D eigenvalue weighted by atomic mass is 9.82. The molecule has 1 aromatic carbocycles. The van der Waals surface area contributed by atoms with Crippen molar-refractivity contribution in [3.05, 3.63) is 34.9 Å². The van der Waals surface area contributed by atoms with Crippen molar-refractivity contribution < 1.29 is 0 Å². The summed E-state index contributed by atoms with van der Waals surface area (Å²) in [7, 11) is 2.11. The van der Waals surface area contributed by atoms with Crippen LogP contribution in [0, 0.1) is 0 Å². The van der Waals surface area contributed by atoms with Gasteiger partial charge in [-0.2, -0.15) is 0 Å². The number of nitrogens with zero attached hydrogens (tertiary/aromatic N) is 1. The summed E-state index contributed by atoms with van der Waals surface area (Å²) in [6.07, 6.45) is 6.36. The molecule has 0 aromatic heterocycles. The molecule has 1 aromatic rings. The van der Waals surface area contributed by atoms with E-state index in [9.17, 15) is 0 Å². The van der Waals surface area contributed by atoms with Gasteiger partial charge in [0.05, 0.1) is 0 Å². The van der Waals surface area contributed by atoms with Crippen LogP contribution in [0.25, 0.3) is 0 Å². The van der Waals surface area contributed by atoms with Gasteiger partial charge in [0.25, 0.3) is 0 Å². The Kier molecular flexibility index (Phi) is 6.09. The predicted octanol–water partition coefficient (Wildman–Crippen LogP) is 4.13. The third kappa shape index (κ3) is 3.61. The molecule has 1 saturated carbocycles. The summed E-state index contributed by atoms with van der Waals surface area (Å²) in [5.74, 6) is 0. The van der Waals surface area contributed by atoms with Gasteiger partial charge in [-0.3, -0.25) is 4.90 Å². The standard InChI is InChI=1S/C18H29ClN2/c1-4-21(5-2)18(11-6-7-12-18)17(20-3)14-15-9-8-10-16(19)13-15/h8-10,13,17,20H,4-7,11-12,14H2,1-3H3. The summed E-state index contributed by atoms with van der Waals surface area (Å²) in [4.78, 5) is 2.67. The molecule has 0 amide bonds. The molecule has 1 fully saturated rings. The Morgan fingerprint density at radius 2 is 1.90 bits per heavy atom. The Bertz CT molecular complexity index is 437. The first-order chi connectivity index (χ1) is 10.2. The molecule has 21 heavy (non-hydrogen) atoms. The van der Waals surface area contributed by atoms with Gasteiger partial charge in [0.15, 0.2) is 0 Å². The van der Waals surface area contributed by atoms with E-state index in [1.807, 2.05) is 6.07 Å². The Hall–Kier alpha value is -0.570. The van der Waals surface area contributed by atoms with Gasteiger partial charge >= 0.3 is 0 Å². The molecule has 2 nitrogen and oxygen atoms in total. The van der Waals surface area contributed by atoms with Crippen molar-refractivity contribution >= 4 is 11.6 Å². The minimum atomic E-state index is 0.306. The van der Waals surface area contributed by atoms with Crippen molar-refractivity contribution in [2.75, 3.05) is 20.1 Å². The molecule has 0 heterocycles. The van der Waals surface area contributed by atoms with Gasteiger partial charge in [-0.25, -0.2) is 0 Å². The van der Waals surface area contributed by atoms with Crippen LogP contribution in [0.15, 0.2) is 24.3 Å². The molecule has 0 saturated heterocycles. The highest BCUT2D eigenvalue weighted by molar-refractivity contribution is 6.30. The van der Waals surface area contributed by atoms with E-state index in [2.05, 4.69) is 49.3 Å². The minimum absolute atomic E-state index is 0.306. The maximum absolute atomic E-state index is 6.15. The van der Waals surface area contributed by atoms with Crippen molar-refractivity contribution in [3.63, 3.8) is 0 Å². The van der Waals surface area contributed by atoms with Crippen molar-refractivity contribution in [2.24, 2.45) is 0 Å². The average molecular weight is 309 g/mol. The molecule has 0 spiro atoms. The first kappa shape index (κ1) is 16.8. The minimum Gasteiger partial charge on any atom is -0.315 e. The summed E-state index contributed by atoms with van der Waals surface area (Å²) in [6.45, 7) is 6.83. The smallest absolute Gasteiger partial charge is 0.0408 e. The van der Waals surface area contributed by atoms with E-state index in [0.29, 0.717) is 11.6 Å². The maximum atomic E-state index is 6.15. The third-order valence-corrected chi connectivity index (χ3v) is 5.42. The van der Waals surface area contributed by atoms with E-state index >= 15 is 0 Å². The molecule has 118 valence electrons. The lowest BCUT2D eigenvalue weighted by molar-refractivity contribution is 0.0658. The molecule has 3 heteroatoms. The van der Waals surface area contributed by atoms with Gasteiger partial charge in [-0.05, 0) is 57.1 Å². The van der Waals surface area contributed by atoms with Crippen LogP contribution >= 0.6 is 11.6 Å². The highest BCUT2D eigenvalue weighted by atomic mass is 35.5. The topological polar surface area (TPSA) is 15.3 Å². The number of nitrogens with one attached hydrogen (secondary N) is 1. The van der Waals surface area contributed by atoms with Gasteiger partial charge in [0.1, 0.15) is 0 Å². The number of likely N-dealkylation sites (N-methyl/N-ethyl adjacent to an activating group) is 2. The van der Waals surface area contributed by atoms with Gasteiger partial charge in [0.2, 0.25) is 0 Å². The SMILES string of the molecule is CCN(CC)C1(C(Cc2cccc(Cl)c2)NC)CCCC1.